The average Bonchev–Trinajstić information content (AvgIpc) is 2.52. The van der Waals surface area contributed by atoms with Crippen molar-refractivity contribution in [2.24, 2.45) is 11.8 Å². The average molecular weight is 293 g/mol. The molecule has 4 aliphatic rings. The number of fused-ring (bicyclic) bond motifs is 2. The molecule has 0 aromatic rings. The van der Waals surface area contributed by atoms with Crippen molar-refractivity contribution in [2.75, 3.05) is 39.3 Å². The number of piperidine rings is 2. The topological polar surface area (TPSA) is 26.8 Å². The number of hydrogen-bond donors (Lipinski definition) is 0. The largest absolute Gasteiger partial charge is 0.342 e. The minimum Gasteiger partial charge on any atom is -0.342 e. The first kappa shape index (κ1) is 15.3. The molecule has 4 rings (SSSR count). The Kier molecular flexibility index (Phi) is 4.55. The van der Waals surface area contributed by atoms with Gasteiger partial charge >= 0.3 is 0 Å². The van der Waals surface area contributed by atoms with E-state index in [2.05, 4.69) is 21.6 Å². The van der Waals surface area contributed by atoms with Crippen LogP contribution in [0.3, 0.4) is 0 Å². The first-order valence-corrected chi connectivity index (χ1v) is 8.85. The minimum absolute atomic E-state index is 0.149. The number of amides is 1. The summed E-state index contributed by atoms with van der Waals surface area (Å²) in [6, 6.07) is 1.64. The molecule has 120 valence electrons. The van der Waals surface area contributed by atoms with Crippen LogP contribution in [0.25, 0.3) is 0 Å². The van der Waals surface area contributed by atoms with Crippen molar-refractivity contribution in [2.45, 2.75) is 52.1 Å². The van der Waals surface area contributed by atoms with Crippen LogP contribution in [-0.2, 0) is 4.79 Å². The smallest absolute Gasteiger partial charge is 0.225 e. The predicted octanol–water partition coefficient (Wildman–Crippen LogP) is 1.66. The summed E-state index contributed by atoms with van der Waals surface area (Å²) in [7, 11) is 0. The van der Waals surface area contributed by atoms with Crippen molar-refractivity contribution in [3.63, 3.8) is 0 Å². The summed E-state index contributed by atoms with van der Waals surface area (Å²) >= 11 is 0. The van der Waals surface area contributed by atoms with Crippen molar-refractivity contribution in [3.05, 3.63) is 0 Å². The number of hydrogen-bond acceptors (Lipinski definition) is 3. The second kappa shape index (κ2) is 6.25. The lowest BCUT2D eigenvalue weighted by atomic mass is 9.84. The molecule has 1 amide bonds. The molecular weight excluding hydrogens is 262 g/mol. The third-order valence-corrected chi connectivity index (χ3v) is 5.76. The molecule has 2 bridgehead atoms. The lowest BCUT2D eigenvalue weighted by molar-refractivity contribution is -0.136. The number of likely N-dealkylation sites (N-methyl/N-ethyl adjacent to an activating group) is 1. The van der Waals surface area contributed by atoms with E-state index in [9.17, 15) is 4.79 Å². The van der Waals surface area contributed by atoms with Crippen LogP contribution in [0.15, 0.2) is 0 Å². The van der Waals surface area contributed by atoms with Crippen molar-refractivity contribution < 1.29 is 4.79 Å². The highest BCUT2D eigenvalue weighted by atomic mass is 16.2. The Balaban J connectivity index is 1.44. The second-order valence-electron chi connectivity index (χ2n) is 7.52. The molecule has 4 saturated heterocycles. The minimum atomic E-state index is 0.149. The summed E-state index contributed by atoms with van der Waals surface area (Å²) in [6.45, 7) is 13.3. The summed E-state index contributed by atoms with van der Waals surface area (Å²) in [4.78, 5) is 19.5. The van der Waals surface area contributed by atoms with Crippen LogP contribution in [0.5, 0.6) is 0 Å². The van der Waals surface area contributed by atoms with Gasteiger partial charge in [-0.15, -0.1) is 0 Å². The number of piperazine rings is 1. The van der Waals surface area contributed by atoms with E-state index in [-0.39, 0.29) is 5.92 Å². The maximum atomic E-state index is 12.0. The Bertz CT molecular complexity index is 364. The lowest BCUT2D eigenvalue weighted by Crippen LogP contribution is -2.69. The fourth-order valence-electron chi connectivity index (χ4n) is 4.33. The quantitative estimate of drug-likeness (QED) is 0.789. The highest BCUT2D eigenvalue weighted by molar-refractivity contribution is 5.78. The van der Waals surface area contributed by atoms with Crippen LogP contribution in [0, 0.1) is 11.8 Å². The highest BCUT2D eigenvalue weighted by Crippen LogP contribution is 2.34. The van der Waals surface area contributed by atoms with Crippen LogP contribution >= 0.6 is 0 Å². The molecule has 4 heterocycles. The fraction of sp³-hybridized carbons (Fsp3) is 0.941. The SMILES string of the molecule is CCN1CC2CC(C1)N2CC1CCN(C(=O)C(C)C)CC1. The monoisotopic (exact) mass is 293 g/mol. The molecule has 2 unspecified atom stereocenters. The van der Waals surface area contributed by atoms with Gasteiger partial charge in [0.2, 0.25) is 5.91 Å². The zero-order valence-electron chi connectivity index (χ0n) is 13.9. The van der Waals surface area contributed by atoms with Gasteiger partial charge in [0, 0.05) is 50.7 Å². The van der Waals surface area contributed by atoms with Gasteiger partial charge < -0.3 is 9.80 Å². The van der Waals surface area contributed by atoms with Crippen LogP contribution < -0.4 is 0 Å². The van der Waals surface area contributed by atoms with Crippen LogP contribution in [0.4, 0.5) is 0 Å². The molecule has 0 aromatic carbocycles. The van der Waals surface area contributed by atoms with E-state index in [0.717, 1.165) is 31.1 Å². The molecule has 0 aliphatic carbocycles. The first-order valence-electron chi connectivity index (χ1n) is 8.85. The van der Waals surface area contributed by atoms with Gasteiger partial charge in [0.15, 0.2) is 0 Å². The number of nitrogens with zero attached hydrogens (tertiary/aromatic N) is 3. The van der Waals surface area contributed by atoms with Gasteiger partial charge in [-0.05, 0) is 31.7 Å². The second-order valence-corrected chi connectivity index (χ2v) is 7.52. The molecular formula is C17H31N3O. The molecule has 0 spiro atoms. The third kappa shape index (κ3) is 3.11. The van der Waals surface area contributed by atoms with Crippen molar-refractivity contribution in [3.8, 4) is 0 Å². The van der Waals surface area contributed by atoms with Gasteiger partial charge in [-0.25, -0.2) is 0 Å². The Morgan fingerprint density at radius 1 is 1.14 bits per heavy atom. The Morgan fingerprint density at radius 3 is 2.29 bits per heavy atom. The van der Waals surface area contributed by atoms with Crippen molar-refractivity contribution in [1.82, 2.24) is 14.7 Å². The molecule has 4 nitrogen and oxygen atoms in total. The summed E-state index contributed by atoms with van der Waals surface area (Å²) < 4.78 is 0. The number of carbonyl (C=O) groups is 1. The standard InChI is InChI=1S/C17H31N3O/c1-4-18-11-15-9-16(12-18)20(15)10-14-5-7-19(8-6-14)17(21)13(2)3/h13-16H,4-12H2,1-3H3. The van der Waals surface area contributed by atoms with E-state index in [1.807, 2.05) is 13.8 Å². The maximum absolute atomic E-state index is 12.0. The maximum Gasteiger partial charge on any atom is 0.225 e. The van der Waals surface area contributed by atoms with E-state index in [0.29, 0.717) is 5.91 Å². The zero-order valence-corrected chi connectivity index (χ0v) is 13.9. The van der Waals surface area contributed by atoms with Crippen molar-refractivity contribution in [1.29, 1.82) is 0 Å². The first-order chi connectivity index (χ1) is 10.1. The van der Waals surface area contributed by atoms with Crippen LogP contribution in [0.2, 0.25) is 0 Å². The van der Waals surface area contributed by atoms with E-state index in [1.54, 1.807) is 0 Å². The van der Waals surface area contributed by atoms with E-state index < -0.39 is 0 Å². The third-order valence-electron chi connectivity index (χ3n) is 5.76. The molecule has 4 aliphatic heterocycles. The zero-order chi connectivity index (χ0) is 15.0. The molecule has 0 radical (unpaired) electrons. The molecule has 4 fully saturated rings. The summed E-state index contributed by atoms with van der Waals surface area (Å²) in [5.74, 6) is 1.30. The molecule has 0 saturated carbocycles. The van der Waals surface area contributed by atoms with Crippen LogP contribution in [-0.4, -0.2) is 72.0 Å². The van der Waals surface area contributed by atoms with E-state index >= 15 is 0 Å². The van der Waals surface area contributed by atoms with Gasteiger partial charge in [-0.1, -0.05) is 20.8 Å². The fourth-order valence-corrected chi connectivity index (χ4v) is 4.33. The Labute approximate surface area is 129 Å². The molecule has 2 atom stereocenters. The molecule has 21 heavy (non-hydrogen) atoms. The number of carbonyl (C=O) groups excluding carboxylic acids is 1. The van der Waals surface area contributed by atoms with E-state index in [1.165, 1.54) is 45.4 Å². The Morgan fingerprint density at radius 2 is 1.76 bits per heavy atom. The summed E-state index contributed by atoms with van der Waals surface area (Å²) in [5.41, 5.74) is 0. The summed E-state index contributed by atoms with van der Waals surface area (Å²) in [6.07, 6.45) is 3.82. The van der Waals surface area contributed by atoms with Gasteiger partial charge in [0.05, 0.1) is 0 Å². The predicted molar refractivity (Wildman–Crippen MR) is 85.2 cm³/mol. The van der Waals surface area contributed by atoms with E-state index in [4.69, 9.17) is 0 Å². The lowest BCUT2D eigenvalue weighted by Gasteiger charge is -2.57. The van der Waals surface area contributed by atoms with Gasteiger partial charge in [0.1, 0.15) is 0 Å². The van der Waals surface area contributed by atoms with Crippen LogP contribution in [0.1, 0.15) is 40.0 Å². The highest BCUT2D eigenvalue weighted by Gasteiger charge is 2.44. The van der Waals surface area contributed by atoms with Gasteiger partial charge in [-0.2, -0.15) is 0 Å². The number of likely N-dealkylation sites (tertiary alicyclic amines) is 1. The Hall–Kier alpha value is -0.610. The summed E-state index contributed by atoms with van der Waals surface area (Å²) in [5, 5.41) is 0. The molecule has 0 N–H and O–H groups in total. The molecule has 0 aromatic heterocycles. The van der Waals surface area contributed by atoms with Gasteiger partial charge in [0.25, 0.3) is 0 Å². The van der Waals surface area contributed by atoms with Crippen molar-refractivity contribution >= 4 is 5.91 Å². The normalized spacial score (nSPS) is 31.5. The van der Waals surface area contributed by atoms with Gasteiger partial charge in [-0.3, -0.25) is 9.69 Å². The molecule has 4 heteroatoms. The number of rotatable bonds is 4.